The van der Waals surface area contributed by atoms with Gasteiger partial charge in [0.25, 0.3) is 0 Å². The Balaban J connectivity index is 1.46. The van der Waals surface area contributed by atoms with Crippen LogP contribution in [-0.4, -0.2) is 46.9 Å². The quantitative estimate of drug-likeness (QED) is 0.816. The van der Waals surface area contributed by atoms with Gasteiger partial charge in [0.2, 0.25) is 5.91 Å². The van der Waals surface area contributed by atoms with Gasteiger partial charge in [0.1, 0.15) is 0 Å². The standard InChI is InChI=1S/C18H22ClN3OS/c19-17-4-3-16(24-17)14-21-10-1-11-22(13-12-21)18(23)5-2-15-6-8-20-9-7-15/h3-4,6-9H,1-2,5,10-14H2. The fourth-order valence-corrected chi connectivity index (χ4v) is 4.12. The summed E-state index contributed by atoms with van der Waals surface area (Å²) in [5.74, 6) is 0.257. The number of amides is 1. The number of carbonyl (C=O) groups is 1. The van der Waals surface area contributed by atoms with Gasteiger partial charge in [-0.1, -0.05) is 11.6 Å². The number of carbonyl (C=O) groups excluding carboxylic acids is 1. The summed E-state index contributed by atoms with van der Waals surface area (Å²) in [6.45, 7) is 4.56. The number of nitrogens with zero attached hydrogens (tertiary/aromatic N) is 3. The molecule has 24 heavy (non-hydrogen) atoms. The number of aryl methyl sites for hydroxylation is 1. The largest absolute Gasteiger partial charge is 0.341 e. The van der Waals surface area contributed by atoms with Gasteiger partial charge < -0.3 is 4.90 Å². The Kier molecular flexibility index (Phi) is 6.24. The lowest BCUT2D eigenvalue weighted by molar-refractivity contribution is -0.131. The van der Waals surface area contributed by atoms with Crippen LogP contribution in [0, 0.1) is 0 Å². The van der Waals surface area contributed by atoms with Crippen molar-refractivity contribution >= 4 is 28.8 Å². The van der Waals surface area contributed by atoms with E-state index in [2.05, 4.69) is 16.0 Å². The average Bonchev–Trinajstić information content (AvgIpc) is 2.86. The molecule has 1 aliphatic heterocycles. The maximum Gasteiger partial charge on any atom is 0.222 e. The molecule has 1 saturated heterocycles. The van der Waals surface area contributed by atoms with Crippen molar-refractivity contribution in [2.75, 3.05) is 26.2 Å². The number of aromatic nitrogens is 1. The first-order valence-electron chi connectivity index (χ1n) is 8.34. The second-order valence-electron chi connectivity index (χ2n) is 6.07. The molecule has 0 spiro atoms. The molecule has 2 aromatic rings. The van der Waals surface area contributed by atoms with Crippen LogP contribution in [0.15, 0.2) is 36.7 Å². The van der Waals surface area contributed by atoms with E-state index >= 15 is 0 Å². The normalized spacial score (nSPS) is 16.1. The molecule has 0 radical (unpaired) electrons. The van der Waals surface area contributed by atoms with E-state index in [-0.39, 0.29) is 5.91 Å². The smallest absolute Gasteiger partial charge is 0.222 e. The summed E-state index contributed by atoms with van der Waals surface area (Å²) in [7, 11) is 0. The molecule has 6 heteroatoms. The highest BCUT2D eigenvalue weighted by atomic mass is 35.5. The predicted molar refractivity (Wildman–Crippen MR) is 98.4 cm³/mol. The van der Waals surface area contributed by atoms with Gasteiger partial charge in [0.15, 0.2) is 0 Å². The summed E-state index contributed by atoms with van der Waals surface area (Å²) in [6, 6.07) is 8.00. The van der Waals surface area contributed by atoms with Crippen LogP contribution in [0.4, 0.5) is 0 Å². The molecule has 0 bridgehead atoms. The lowest BCUT2D eigenvalue weighted by atomic mass is 10.1. The maximum atomic E-state index is 12.5. The van der Waals surface area contributed by atoms with Gasteiger partial charge in [0.05, 0.1) is 4.34 Å². The van der Waals surface area contributed by atoms with Gasteiger partial charge in [-0.25, -0.2) is 0 Å². The Morgan fingerprint density at radius 2 is 1.96 bits per heavy atom. The van der Waals surface area contributed by atoms with Crippen molar-refractivity contribution in [2.24, 2.45) is 0 Å². The van der Waals surface area contributed by atoms with Crippen molar-refractivity contribution in [1.82, 2.24) is 14.8 Å². The van der Waals surface area contributed by atoms with Crippen molar-refractivity contribution in [3.05, 3.63) is 51.4 Å². The highest BCUT2D eigenvalue weighted by molar-refractivity contribution is 7.16. The molecule has 3 rings (SSSR count). The molecule has 4 nitrogen and oxygen atoms in total. The number of halogens is 1. The number of hydrogen-bond acceptors (Lipinski definition) is 4. The summed E-state index contributed by atoms with van der Waals surface area (Å²) in [6.07, 6.45) is 5.95. The molecule has 0 aromatic carbocycles. The van der Waals surface area contributed by atoms with Gasteiger partial charge in [-0.05, 0) is 42.7 Å². The van der Waals surface area contributed by atoms with Crippen LogP contribution in [0.3, 0.4) is 0 Å². The minimum atomic E-state index is 0.257. The summed E-state index contributed by atoms with van der Waals surface area (Å²) >= 11 is 7.64. The molecule has 0 atom stereocenters. The molecule has 1 fully saturated rings. The van der Waals surface area contributed by atoms with Crippen molar-refractivity contribution in [2.45, 2.75) is 25.8 Å². The molecule has 0 aliphatic carbocycles. The summed E-state index contributed by atoms with van der Waals surface area (Å²) in [5, 5.41) is 0. The highest BCUT2D eigenvalue weighted by Crippen LogP contribution is 2.23. The monoisotopic (exact) mass is 363 g/mol. The molecule has 2 aromatic heterocycles. The molecule has 3 heterocycles. The molecular formula is C18H22ClN3OS. The zero-order chi connectivity index (χ0) is 16.8. The highest BCUT2D eigenvalue weighted by Gasteiger charge is 2.19. The first-order valence-corrected chi connectivity index (χ1v) is 9.53. The Morgan fingerprint density at radius 3 is 2.71 bits per heavy atom. The molecule has 0 unspecified atom stereocenters. The lowest BCUT2D eigenvalue weighted by Gasteiger charge is -2.21. The molecule has 1 amide bonds. The van der Waals surface area contributed by atoms with Crippen LogP contribution in [-0.2, 0) is 17.8 Å². The summed E-state index contributed by atoms with van der Waals surface area (Å²) in [4.78, 5) is 22.2. The van der Waals surface area contributed by atoms with E-state index in [9.17, 15) is 4.79 Å². The van der Waals surface area contributed by atoms with E-state index in [0.717, 1.165) is 49.9 Å². The van der Waals surface area contributed by atoms with Crippen LogP contribution >= 0.6 is 22.9 Å². The average molecular weight is 364 g/mol. The molecule has 128 valence electrons. The number of pyridine rings is 1. The fraction of sp³-hybridized carbons (Fsp3) is 0.444. The van der Waals surface area contributed by atoms with Crippen LogP contribution in [0.25, 0.3) is 0 Å². The minimum absolute atomic E-state index is 0.257. The Bertz CT molecular complexity index is 661. The van der Waals surface area contributed by atoms with Crippen LogP contribution in [0.5, 0.6) is 0 Å². The van der Waals surface area contributed by atoms with E-state index < -0.39 is 0 Å². The van der Waals surface area contributed by atoms with Crippen molar-refractivity contribution in [3.8, 4) is 0 Å². The lowest BCUT2D eigenvalue weighted by Crippen LogP contribution is -2.35. The molecule has 0 saturated carbocycles. The zero-order valence-electron chi connectivity index (χ0n) is 13.7. The van der Waals surface area contributed by atoms with Crippen LogP contribution in [0.2, 0.25) is 4.34 Å². The van der Waals surface area contributed by atoms with Gasteiger partial charge in [-0.3, -0.25) is 14.7 Å². The van der Waals surface area contributed by atoms with E-state index in [1.807, 2.05) is 23.1 Å². The van der Waals surface area contributed by atoms with E-state index in [0.29, 0.717) is 6.42 Å². The summed E-state index contributed by atoms with van der Waals surface area (Å²) < 4.78 is 0.840. The molecular weight excluding hydrogens is 342 g/mol. The van der Waals surface area contributed by atoms with Gasteiger partial charge in [-0.2, -0.15) is 0 Å². The van der Waals surface area contributed by atoms with E-state index in [1.165, 1.54) is 10.4 Å². The van der Waals surface area contributed by atoms with E-state index in [1.54, 1.807) is 23.7 Å². The maximum absolute atomic E-state index is 12.5. The SMILES string of the molecule is O=C(CCc1ccncc1)N1CCCN(Cc2ccc(Cl)s2)CC1. The predicted octanol–water partition coefficient (Wildman–Crippen LogP) is 3.46. The van der Waals surface area contributed by atoms with Crippen LogP contribution < -0.4 is 0 Å². The third-order valence-electron chi connectivity index (χ3n) is 4.33. The Labute approximate surface area is 152 Å². The fourth-order valence-electron chi connectivity index (χ4n) is 2.99. The van der Waals surface area contributed by atoms with Crippen molar-refractivity contribution in [1.29, 1.82) is 0 Å². The Hall–Kier alpha value is -1.43. The minimum Gasteiger partial charge on any atom is -0.341 e. The van der Waals surface area contributed by atoms with Gasteiger partial charge in [0, 0.05) is 56.4 Å². The zero-order valence-corrected chi connectivity index (χ0v) is 15.2. The van der Waals surface area contributed by atoms with Gasteiger partial charge >= 0.3 is 0 Å². The second kappa shape index (κ2) is 8.60. The number of rotatable bonds is 5. The first kappa shape index (κ1) is 17.4. The Morgan fingerprint density at radius 1 is 1.12 bits per heavy atom. The topological polar surface area (TPSA) is 36.4 Å². The number of thiophene rings is 1. The van der Waals surface area contributed by atoms with Crippen molar-refractivity contribution in [3.63, 3.8) is 0 Å². The second-order valence-corrected chi connectivity index (χ2v) is 7.87. The molecule has 1 aliphatic rings. The summed E-state index contributed by atoms with van der Waals surface area (Å²) in [5.41, 5.74) is 1.17. The van der Waals surface area contributed by atoms with E-state index in [4.69, 9.17) is 11.6 Å². The third-order valence-corrected chi connectivity index (χ3v) is 5.54. The van der Waals surface area contributed by atoms with Crippen LogP contribution in [0.1, 0.15) is 23.3 Å². The van der Waals surface area contributed by atoms with Crippen molar-refractivity contribution < 1.29 is 4.79 Å². The van der Waals surface area contributed by atoms with Gasteiger partial charge in [-0.15, -0.1) is 11.3 Å². The first-order chi connectivity index (χ1) is 11.7. The third kappa shape index (κ3) is 5.03. The molecule has 0 N–H and O–H groups in total. The number of hydrogen-bond donors (Lipinski definition) is 0.